The molecule has 0 atom stereocenters. The van der Waals surface area contributed by atoms with Gasteiger partial charge in [0.25, 0.3) is 13.4 Å². The normalized spacial score (nSPS) is 13.9. The lowest BCUT2D eigenvalue weighted by Crippen LogP contribution is -2.68. The summed E-state index contributed by atoms with van der Waals surface area (Å²) >= 11 is 0. The van der Waals surface area contributed by atoms with E-state index < -0.39 is 0 Å². The van der Waals surface area contributed by atoms with Crippen molar-refractivity contribution in [2.24, 2.45) is 0 Å². The maximum Gasteiger partial charge on any atom is 0.252 e. The molecule has 0 N–H and O–H groups in total. The van der Waals surface area contributed by atoms with E-state index in [1.54, 1.807) is 0 Å². The summed E-state index contributed by atoms with van der Waals surface area (Å²) in [5.41, 5.74) is 23.5. The van der Waals surface area contributed by atoms with Crippen molar-refractivity contribution in [3.63, 3.8) is 0 Å². The van der Waals surface area contributed by atoms with E-state index in [4.69, 9.17) is 0 Å². The largest absolute Gasteiger partial charge is 0.312 e. The lowest BCUT2D eigenvalue weighted by Gasteiger charge is -2.47. The Morgan fingerprint density at radius 3 is 1.55 bits per heavy atom. The molecule has 7 heterocycles. The number of nitrogens with zero attached hydrogens (tertiary/aromatic N) is 4. The molecule has 0 radical (unpaired) electrons. The summed E-state index contributed by atoms with van der Waals surface area (Å²) in [7, 11) is 0. The van der Waals surface area contributed by atoms with Gasteiger partial charge < -0.3 is 18.6 Å². The molecule has 0 fully saturated rings. The third kappa shape index (κ3) is 3.27. The number of fused-ring (bicyclic) bond motifs is 20. The molecule has 60 heavy (non-hydrogen) atoms. The van der Waals surface area contributed by atoms with Gasteiger partial charge in [-0.15, -0.1) is 0 Å². The molecule has 0 amide bonds. The number of rotatable bonds is 1. The summed E-state index contributed by atoms with van der Waals surface area (Å²) in [4.78, 5) is 2.64. The van der Waals surface area contributed by atoms with Gasteiger partial charge in [0.05, 0.1) is 27.6 Å². The van der Waals surface area contributed by atoms with Gasteiger partial charge in [0.2, 0.25) is 0 Å². The number of hydrogen-bond acceptors (Lipinski definition) is 1. The Balaban J connectivity index is 1.17. The molecule has 0 saturated carbocycles. The van der Waals surface area contributed by atoms with Crippen LogP contribution in [0.15, 0.2) is 182 Å². The maximum atomic E-state index is 2.65. The van der Waals surface area contributed by atoms with Crippen molar-refractivity contribution in [2.45, 2.75) is 0 Å². The standard InChI is InChI=1S/C54H30B2N4/c1-2-15-31(16-3-1)57-41-24-9-5-18-33(41)36-29-40-53-48(52(36)57)35-19-6-11-26-43(35)59(53)47-30-46-49-54-50(47)56(40)38-22-8-13-28-45(38)60(54)44-27-12-7-21-37(44)55(49)39-23-14-20-34-32-17-4-10-25-42(32)58(46)51(34)39/h1-30H. The molecule has 0 spiro atoms. The lowest BCUT2D eigenvalue weighted by molar-refractivity contribution is 1.13. The highest BCUT2D eigenvalue weighted by Gasteiger charge is 2.50. The first-order valence-corrected chi connectivity index (χ1v) is 21.1. The average molecular weight is 756 g/mol. The van der Waals surface area contributed by atoms with E-state index in [1.807, 2.05) is 0 Å². The zero-order valence-corrected chi connectivity index (χ0v) is 32.3. The van der Waals surface area contributed by atoms with Gasteiger partial charge >= 0.3 is 0 Å². The Labute approximate surface area is 344 Å². The summed E-state index contributed by atoms with van der Waals surface area (Å²) in [6.07, 6.45) is 0. The highest BCUT2D eigenvalue weighted by atomic mass is 15.2. The highest BCUT2D eigenvalue weighted by Crippen LogP contribution is 2.48. The number of aromatic nitrogens is 3. The number of para-hydroxylation sites is 7. The molecule has 0 bridgehead atoms. The topological polar surface area (TPSA) is 18.0 Å². The molecular weight excluding hydrogens is 726 g/mol. The van der Waals surface area contributed by atoms with Crippen LogP contribution in [-0.2, 0) is 0 Å². The van der Waals surface area contributed by atoms with Crippen LogP contribution in [0.2, 0.25) is 0 Å². The first kappa shape index (κ1) is 30.4. The van der Waals surface area contributed by atoms with Gasteiger partial charge in [0, 0.05) is 72.0 Å². The molecule has 9 aromatic carbocycles. The van der Waals surface area contributed by atoms with Gasteiger partial charge in [-0.1, -0.05) is 133 Å². The van der Waals surface area contributed by atoms with Crippen LogP contribution < -0.4 is 37.7 Å². The first-order chi connectivity index (χ1) is 29.8. The molecule has 16 rings (SSSR count). The molecule has 0 unspecified atom stereocenters. The maximum absolute atomic E-state index is 2.65. The summed E-state index contributed by atoms with van der Waals surface area (Å²) in [6, 6.07) is 68.8. The molecule has 4 aliphatic heterocycles. The van der Waals surface area contributed by atoms with Crippen molar-refractivity contribution in [1.82, 2.24) is 13.7 Å². The van der Waals surface area contributed by atoms with E-state index in [-0.39, 0.29) is 13.4 Å². The van der Waals surface area contributed by atoms with Crippen LogP contribution in [0.5, 0.6) is 0 Å². The van der Waals surface area contributed by atoms with E-state index in [2.05, 4.69) is 201 Å². The third-order valence-corrected chi connectivity index (χ3v) is 14.6. The summed E-state index contributed by atoms with van der Waals surface area (Å²) in [5, 5.41) is 7.80. The van der Waals surface area contributed by atoms with Crippen molar-refractivity contribution in [1.29, 1.82) is 0 Å². The molecule has 4 nitrogen and oxygen atoms in total. The van der Waals surface area contributed by atoms with Crippen molar-refractivity contribution in [2.75, 3.05) is 4.90 Å². The minimum atomic E-state index is 0.0276. The predicted octanol–water partition coefficient (Wildman–Crippen LogP) is 8.73. The molecule has 12 aromatic rings. The summed E-state index contributed by atoms with van der Waals surface area (Å²) in [6.45, 7) is 0.119. The van der Waals surface area contributed by atoms with Crippen molar-refractivity contribution in [3.05, 3.63) is 182 Å². The number of anilines is 3. The molecule has 272 valence electrons. The average Bonchev–Trinajstić information content (AvgIpc) is 3.96. The molecule has 3 aromatic heterocycles. The van der Waals surface area contributed by atoms with Gasteiger partial charge in [-0.25, -0.2) is 0 Å². The van der Waals surface area contributed by atoms with Crippen molar-refractivity contribution >= 4 is 129 Å². The van der Waals surface area contributed by atoms with Crippen LogP contribution in [-0.4, -0.2) is 27.1 Å². The second kappa shape index (κ2) is 10.3. The van der Waals surface area contributed by atoms with Crippen molar-refractivity contribution < 1.29 is 0 Å². The zero-order valence-electron chi connectivity index (χ0n) is 32.3. The smallest absolute Gasteiger partial charge is 0.252 e. The Bertz CT molecular complexity index is 3980. The van der Waals surface area contributed by atoms with E-state index in [0.717, 1.165) is 0 Å². The molecule has 4 aliphatic rings. The Morgan fingerprint density at radius 2 is 0.833 bits per heavy atom. The quantitative estimate of drug-likeness (QED) is 0.153. The Hall–Kier alpha value is -7.69. The van der Waals surface area contributed by atoms with Crippen LogP contribution in [0.3, 0.4) is 0 Å². The van der Waals surface area contributed by atoms with Gasteiger partial charge in [-0.3, -0.25) is 0 Å². The van der Waals surface area contributed by atoms with Gasteiger partial charge in [0.15, 0.2) is 0 Å². The molecule has 0 saturated heterocycles. The SMILES string of the molecule is c1ccc(-n2c3ccccc3c3cc4c5c(c6ccccc6n5-c5cc6c7c8c5B4c4ccccc4N8c4ccccc4B7c4cccc5c7ccccc7n-6c45)c32)cc1. The second-order valence-electron chi connectivity index (χ2n) is 17.1. The fraction of sp³-hybridized carbons (Fsp3) is 0. The fourth-order valence-electron chi connectivity index (χ4n) is 12.5. The van der Waals surface area contributed by atoms with Gasteiger partial charge in [-0.05, 0) is 81.3 Å². The third-order valence-electron chi connectivity index (χ3n) is 14.6. The second-order valence-corrected chi connectivity index (χ2v) is 17.1. The summed E-state index contributed by atoms with van der Waals surface area (Å²) in [5.74, 6) is 0. The van der Waals surface area contributed by atoms with Crippen LogP contribution in [0.1, 0.15) is 0 Å². The Morgan fingerprint density at radius 1 is 0.317 bits per heavy atom. The van der Waals surface area contributed by atoms with Crippen LogP contribution in [0, 0.1) is 0 Å². The monoisotopic (exact) mass is 756 g/mol. The first-order valence-electron chi connectivity index (χ1n) is 21.1. The van der Waals surface area contributed by atoms with Crippen molar-refractivity contribution in [3.8, 4) is 17.1 Å². The molecule has 6 heteroatoms. The van der Waals surface area contributed by atoms with E-state index in [1.165, 1.54) is 132 Å². The fourth-order valence-corrected chi connectivity index (χ4v) is 12.5. The lowest BCUT2D eigenvalue weighted by atomic mass is 9.29. The minimum Gasteiger partial charge on any atom is -0.312 e. The van der Waals surface area contributed by atoms with E-state index in [0.29, 0.717) is 0 Å². The van der Waals surface area contributed by atoms with Crippen LogP contribution >= 0.6 is 0 Å². The zero-order chi connectivity index (χ0) is 38.5. The summed E-state index contributed by atoms with van der Waals surface area (Å²) < 4.78 is 7.78. The van der Waals surface area contributed by atoms with E-state index >= 15 is 0 Å². The molecular formula is C54H30B2N4. The highest BCUT2D eigenvalue weighted by molar-refractivity contribution is 7.04. The number of hydrogen-bond donors (Lipinski definition) is 0. The Kier molecular flexibility index (Phi) is 5.22. The number of benzene rings is 9. The molecule has 0 aliphatic carbocycles. The predicted molar refractivity (Wildman–Crippen MR) is 253 cm³/mol. The van der Waals surface area contributed by atoms with Crippen LogP contribution in [0.4, 0.5) is 17.1 Å². The van der Waals surface area contributed by atoms with Crippen LogP contribution in [0.25, 0.3) is 82.5 Å². The minimum absolute atomic E-state index is 0.0276. The van der Waals surface area contributed by atoms with Gasteiger partial charge in [0.1, 0.15) is 0 Å². The van der Waals surface area contributed by atoms with E-state index in [9.17, 15) is 0 Å². The van der Waals surface area contributed by atoms with Gasteiger partial charge in [-0.2, -0.15) is 0 Å².